The summed E-state index contributed by atoms with van der Waals surface area (Å²) in [5.41, 5.74) is 1.93. The van der Waals surface area contributed by atoms with E-state index >= 15 is 0 Å². The van der Waals surface area contributed by atoms with E-state index in [1.54, 1.807) is 44.2 Å². The average Bonchev–Trinajstić information content (AvgIpc) is 2.37. The van der Waals surface area contributed by atoms with Crippen molar-refractivity contribution in [2.45, 2.75) is 13.8 Å². The van der Waals surface area contributed by atoms with Gasteiger partial charge in [0.2, 0.25) is 0 Å². The van der Waals surface area contributed by atoms with Gasteiger partial charge in [-0.05, 0) is 77.9 Å². The van der Waals surface area contributed by atoms with Crippen LogP contribution in [0.2, 0.25) is 5.02 Å². The van der Waals surface area contributed by atoms with Crippen molar-refractivity contribution >= 4 is 40.0 Å². The Morgan fingerprint density at radius 2 is 1.68 bits per heavy atom. The van der Waals surface area contributed by atoms with E-state index in [9.17, 15) is 9.18 Å². The molecule has 2 rings (SSSR count). The van der Waals surface area contributed by atoms with Crippen molar-refractivity contribution in [1.82, 2.24) is 0 Å². The maximum Gasteiger partial charge on any atom is 0.193 e. The van der Waals surface area contributed by atoms with Gasteiger partial charge in [0.05, 0.1) is 5.02 Å². The fourth-order valence-corrected chi connectivity index (χ4v) is 2.40. The van der Waals surface area contributed by atoms with Gasteiger partial charge in [0.1, 0.15) is 5.82 Å². The van der Waals surface area contributed by atoms with E-state index in [0.717, 1.165) is 3.57 Å². The summed E-state index contributed by atoms with van der Waals surface area (Å²) in [7, 11) is 0. The molecule has 0 fully saturated rings. The fourth-order valence-electron chi connectivity index (χ4n) is 1.88. The number of hydrogen-bond acceptors (Lipinski definition) is 1. The number of halogens is 3. The van der Waals surface area contributed by atoms with E-state index < -0.39 is 0 Å². The van der Waals surface area contributed by atoms with E-state index in [4.69, 9.17) is 11.6 Å². The van der Waals surface area contributed by atoms with Crippen LogP contribution in [0.4, 0.5) is 4.39 Å². The molecule has 2 aromatic carbocycles. The van der Waals surface area contributed by atoms with Crippen molar-refractivity contribution in [3.8, 4) is 0 Å². The molecule has 0 bridgehead atoms. The Morgan fingerprint density at radius 3 is 2.21 bits per heavy atom. The van der Waals surface area contributed by atoms with E-state index in [0.29, 0.717) is 27.3 Å². The number of rotatable bonds is 2. The summed E-state index contributed by atoms with van der Waals surface area (Å²) < 4.78 is 14.5. The molecule has 0 unspecified atom stereocenters. The van der Waals surface area contributed by atoms with Gasteiger partial charge in [0.25, 0.3) is 0 Å². The molecule has 2 aromatic rings. The van der Waals surface area contributed by atoms with Gasteiger partial charge in [0.15, 0.2) is 5.78 Å². The first-order valence-corrected chi connectivity index (χ1v) is 7.12. The van der Waals surface area contributed by atoms with Crippen LogP contribution in [0.25, 0.3) is 0 Å². The van der Waals surface area contributed by atoms with Crippen LogP contribution in [-0.2, 0) is 0 Å². The molecule has 0 amide bonds. The zero-order valence-corrected chi connectivity index (χ0v) is 13.3. The molecule has 0 N–H and O–H groups in total. The first-order chi connectivity index (χ1) is 8.90. The van der Waals surface area contributed by atoms with E-state index in [-0.39, 0.29) is 11.6 Å². The number of carbonyl (C=O) groups excluding carboxylic acids is 1. The minimum absolute atomic E-state index is 0.149. The number of carbonyl (C=O) groups is 1. The highest BCUT2D eigenvalue weighted by Crippen LogP contribution is 2.23. The predicted octanol–water partition coefficient (Wildman–Crippen LogP) is 4.93. The van der Waals surface area contributed by atoms with Gasteiger partial charge in [-0.25, -0.2) is 4.39 Å². The number of ketones is 1. The van der Waals surface area contributed by atoms with Gasteiger partial charge in [-0.3, -0.25) is 4.79 Å². The standard InChI is InChI=1S/C15H11ClFIO/c1-8-5-11(6-9(2)14(8)17)15(19)10-3-4-13(18)12(16)7-10/h3-7H,1-2H3. The second-order valence-electron chi connectivity index (χ2n) is 4.38. The Labute approximate surface area is 129 Å². The topological polar surface area (TPSA) is 17.1 Å². The van der Waals surface area contributed by atoms with Gasteiger partial charge in [-0.1, -0.05) is 11.6 Å². The van der Waals surface area contributed by atoms with Crippen molar-refractivity contribution in [1.29, 1.82) is 0 Å². The van der Waals surface area contributed by atoms with Crippen LogP contribution in [0.5, 0.6) is 0 Å². The van der Waals surface area contributed by atoms with Crippen LogP contribution in [0, 0.1) is 23.2 Å². The third-order valence-electron chi connectivity index (χ3n) is 2.88. The Bertz CT molecular complexity index is 644. The maximum absolute atomic E-state index is 13.6. The highest BCUT2D eigenvalue weighted by atomic mass is 127. The largest absolute Gasteiger partial charge is 0.289 e. The summed E-state index contributed by atoms with van der Waals surface area (Å²) in [6.07, 6.45) is 0. The molecule has 1 nitrogen and oxygen atoms in total. The van der Waals surface area contributed by atoms with Gasteiger partial charge in [0, 0.05) is 14.7 Å². The highest BCUT2D eigenvalue weighted by molar-refractivity contribution is 14.1. The number of benzene rings is 2. The van der Waals surface area contributed by atoms with Crippen molar-refractivity contribution in [3.63, 3.8) is 0 Å². The summed E-state index contributed by atoms with van der Waals surface area (Å²) in [4.78, 5) is 12.3. The van der Waals surface area contributed by atoms with Gasteiger partial charge in [-0.15, -0.1) is 0 Å². The first-order valence-electron chi connectivity index (χ1n) is 5.66. The zero-order valence-electron chi connectivity index (χ0n) is 10.4. The molecule has 0 aliphatic heterocycles. The van der Waals surface area contributed by atoms with Crippen molar-refractivity contribution < 1.29 is 9.18 Å². The van der Waals surface area contributed by atoms with Crippen molar-refractivity contribution in [2.75, 3.05) is 0 Å². The monoisotopic (exact) mass is 388 g/mol. The molecule has 0 radical (unpaired) electrons. The van der Waals surface area contributed by atoms with Crippen LogP contribution < -0.4 is 0 Å². The SMILES string of the molecule is Cc1cc(C(=O)c2ccc(I)c(Cl)c2)cc(C)c1F. The lowest BCUT2D eigenvalue weighted by atomic mass is 9.99. The molecule has 0 saturated carbocycles. The molecule has 0 aliphatic carbocycles. The van der Waals surface area contributed by atoms with Gasteiger partial charge >= 0.3 is 0 Å². The van der Waals surface area contributed by atoms with E-state index in [1.807, 2.05) is 0 Å². The van der Waals surface area contributed by atoms with Crippen LogP contribution >= 0.6 is 34.2 Å². The molecule has 0 spiro atoms. The van der Waals surface area contributed by atoms with Crippen molar-refractivity contribution in [3.05, 3.63) is 67.0 Å². The van der Waals surface area contributed by atoms with Crippen molar-refractivity contribution in [2.24, 2.45) is 0 Å². The fraction of sp³-hybridized carbons (Fsp3) is 0.133. The molecule has 0 saturated heterocycles. The van der Waals surface area contributed by atoms with E-state index in [2.05, 4.69) is 22.6 Å². The molecule has 0 heterocycles. The quantitative estimate of drug-likeness (QED) is 0.526. The lowest BCUT2D eigenvalue weighted by Gasteiger charge is -2.07. The second-order valence-corrected chi connectivity index (χ2v) is 5.95. The van der Waals surface area contributed by atoms with Crippen LogP contribution in [0.15, 0.2) is 30.3 Å². The minimum atomic E-state index is -0.266. The second kappa shape index (κ2) is 5.59. The Morgan fingerprint density at radius 1 is 1.11 bits per heavy atom. The zero-order chi connectivity index (χ0) is 14.2. The first kappa shape index (κ1) is 14.5. The summed E-state index contributed by atoms with van der Waals surface area (Å²) in [5, 5.41) is 0.544. The summed E-state index contributed by atoms with van der Waals surface area (Å²) >= 11 is 8.11. The van der Waals surface area contributed by atoms with Crippen LogP contribution in [-0.4, -0.2) is 5.78 Å². The summed E-state index contributed by atoms with van der Waals surface area (Å²) in [5.74, 6) is -0.415. The molecule has 19 heavy (non-hydrogen) atoms. The average molecular weight is 389 g/mol. The molecule has 98 valence electrons. The van der Waals surface area contributed by atoms with Crippen LogP contribution in [0.1, 0.15) is 27.0 Å². The molecule has 0 aromatic heterocycles. The summed E-state index contributed by atoms with van der Waals surface area (Å²) in [6.45, 7) is 3.31. The van der Waals surface area contributed by atoms with E-state index in [1.165, 1.54) is 0 Å². The molecule has 4 heteroatoms. The predicted molar refractivity (Wildman–Crippen MR) is 83.5 cm³/mol. The summed E-state index contributed by atoms with van der Waals surface area (Å²) in [6, 6.07) is 8.29. The Hall–Kier alpha value is -0.940. The third kappa shape index (κ3) is 2.98. The Balaban J connectivity index is 2.47. The number of hydrogen-bond donors (Lipinski definition) is 0. The normalized spacial score (nSPS) is 10.6. The molecule has 0 atom stereocenters. The van der Waals surface area contributed by atoms with Crippen LogP contribution in [0.3, 0.4) is 0 Å². The molecular weight excluding hydrogens is 378 g/mol. The molecule has 0 aliphatic rings. The third-order valence-corrected chi connectivity index (χ3v) is 4.45. The molecular formula is C15H11ClFIO. The lowest BCUT2D eigenvalue weighted by Crippen LogP contribution is -2.04. The minimum Gasteiger partial charge on any atom is -0.289 e. The van der Waals surface area contributed by atoms with Gasteiger partial charge < -0.3 is 0 Å². The Kier molecular flexibility index (Phi) is 4.26. The highest BCUT2D eigenvalue weighted by Gasteiger charge is 2.13. The maximum atomic E-state index is 13.6. The lowest BCUT2D eigenvalue weighted by molar-refractivity contribution is 0.103. The smallest absolute Gasteiger partial charge is 0.193 e. The number of aryl methyl sites for hydroxylation is 2. The van der Waals surface area contributed by atoms with Gasteiger partial charge in [-0.2, -0.15) is 0 Å².